The number of hydrogen-bond acceptors (Lipinski definition) is 0. The fourth-order valence-electron chi connectivity index (χ4n) is 1.48. The molecule has 2 unspecified atom stereocenters. The van der Waals surface area contributed by atoms with Crippen molar-refractivity contribution in [2.45, 2.75) is 17.2 Å². The Morgan fingerprint density at radius 1 is 1.60 bits per heavy atom. The number of fused-ring (bicyclic) bond motifs is 1. The SMILES string of the molecule is BrC1=CC2CCC2(Br)C=C1. The topological polar surface area (TPSA) is 0 Å². The van der Waals surface area contributed by atoms with E-state index in [4.69, 9.17) is 0 Å². The number of allylic oxidation sites excluding steroid dienone is 4. The van der Waals surface area contributed by atoms with Crippen LogP contribution in [0.5, 0.6) is 0 Å². The van der Waals surface area contributed by atoms with Gasteiger partial charge in [0.25, 0.3) is 0 Å². The molecule has 0 aromatic carbocycles. The first kappa shape index (κ1) is 7.11. The average Bonchev–Trinajstić information content (AvgIpc) is 1.91. The number of alkyl halides is 1. The molecule has 54 valence electrons. The minimum absolute atomic E-state index is 0.324. The molecule has 2 aliphatic carbocycles. The molecule has 0 nitrogen and oxygen atoms in total. The van der Waals surface area contributed by atoms with E-state index in [2.05, 4.69) is 50.1 Å². The predicted octanol–water partition coefficient (Wildman–Crippen LogP) is 3.38. The molecule has 1 fully saturated rings. The molecule has 0 aliphatic heterocycles. The van der Waals surface area contributed by atoms with Crippen molar-refractivity contribution < 1.29 is 0 Å². The van der Waals surface area contributed by atoms with E-state index in [9.17, 15) is 0 Å². The molecule has 2 rings (SSSR count). The van der Waals surface area contributed by atoms with Gasteiger partial charge in [0.2, 0.25) is 0 Å². The molecule has 0 aromatic rings. The first-order valence-electron chi connectivity index (χ1n) is 3.46. The molecular weight excluding hydrogens is 256 g/mol. The largest absolute Gasteiger partial charge is 0.0801 e. The van der Waals surface area contributed by atoms with E-state index in [1.54, 1.807) is 0 Å². The van der Waals surface area contributed by atoms with Crippen LogP contribution in [-0.2, 0) is 0 Å². The smallest absolute Gasteiger partial charge is 0.0503 e. The van der Waals surface area contributed by atoms with Crippen molar-refractivity contribution >= 4 is 31.9 Å². The molecular formula is C8H8Br2. The van der Waals surface area contributed by atoms with Crippen LogP contribution in [0.1, 0.15) is 12.8 Å². The molecule has 0 amide bonds. The summed E-state index contributed by atoms with van der Waals surface area (Å²) in [6.07, 6.45) is 9.28. The molecule has 1 saturated carbocycles. The summed E-state index contributed by atoms with van der Waals surface area (Å²) >= 11 is 7.19. The first-order valence-corrected chi connectivity index (χ1v) is 5.05. The molecule has 0 aromatic heterocycles. The minimum Gasteiger partial charge on any atom is -0.0801 e. The molecule has 0 bridgehead atoms. The molecule has 0 heterocycles. The fourth-order valence-corrected chi connectivity index (χ4v) is 2.65. The van der Waals surface area contributed by atoms with Crippen molar-refractivity contribution in [1.29, 1.82) is 0 Å². The molecule has 0 N–H and O–H groups in total. The predicted molar refractivity (Wildman–Crippen MR) is 50.5 cm³/mol. The van der Waals surface area contributed by atoms with E-state index in [0.717, 1.165) is 5.92 Å². The van der Waals surface area contributed by atoms with Gasteiger partial charge in [-0.3, -0.25) is 0 Å². The molecule has 10 heavy (non-hydrogen) atoms. The zero-order chi connectivity index (χ0) is 7.19. The Labute approximate surface area is 77.6 Å². The normalized spacial score (nSPS) is 43.8. The summed E-state index contributed by atoms with van der Waals surface area (Å²) in [5, 5.41) is 0. The first-order chi connectivity index (χ1) is 4.71. The third-order valence-electron chi connectivity index (χ3n) is 2.33. The maximum absolute atomic E-state index is 3.72. The van der Waals surface area contributed by atoms with Gasteiger partial charge in [0.15, 0.2) is 0 Å². The van der Waals surface area contributed by atoms with Gasteiger partial charge in [-0.1, -0.05) is 50.1 Å². The van der Waals surface area contributed by atoms with Crippen molar-refractivity contribution in [2.75, 3.05) is 0 Å². The van der Waals surface area contributed by atoms with Crippen LogP contribution in [-0.4, -0.2) is 4.32 Å². The molecule has 0 radical (unpaired) electrons. The maximum atomic E-state index is 3.72. The molecule has 0 saturated heterocycles. The highest BCUT2D eigenvalue weighted by atomic mass is 79.9. The van der Waals surface area contributed by atoms with Crippen molar-refractivity contribution in [3.05, 3.63) is 22.7 Å². The summed E-state index contributed by atoms with van der Waals surface area (Å²) in [6, 6.07) is 0. The van der Waals surface area contributed by atoms with Gasteiger partial charge in [-0.15, -0.1) is 0 Å². The van der Waals surface area contributed by atoms with Crippen LogP contribution in [0, 0.1) is 5.92 Å². The van der Waals surface area contributed by atoms with Gasteiger partial charge in [0, 0.05) is 4.48 Å². The maximum Gasteiger partial charge on any atom is 0.0503 e. The molecule has 2 heteroatoms. The third-order valence-corrected chi connectivity index (χ3v) is 4.11. The van der Waals surface area contributed by atoms with Crippen LogP contribution in [0.15, 0.2) is 22.7 Å². The van der Waals surface area contributed by atoms with Crippen LogP contribution < -0.4 is 0 Å². The van der Waals surface area contributed by atoms with E-state index in [1.165, 1.54) is 17.3 Å². The Morgan fingerprint density at radius 3 is 2.80 bits per heavy atom. The zero-order valence-corrected chi connectivity index (χ0v) is 8.65. The summed E-state index contributed by atoms with van der Waals surface area (Å²) in [6.45, 7) is 0. The highest BCUT2D eigenvalue weighted by molar-refractivity contribution is 9.12. The summed E-state index contributed by atoms with van der Waals surface area (Å²) in [7, 11) is 0. The van der Waals surface area contributed by atoms with Crippen LogP contribution >= 0.6 is 31.9 Å². The lowest BCUT2D eigenvalue weighted by atomic mass is 9.71. The van der Waals surface area contributed by atoms with E-state index in [-0.39, 0.29) is 0 Å². The van der Waals surface area contributed by atoms with Crippen LogP contribution in [0.3, 0.4) is 0 Å². The Bertz CT molecular complexity index is 217. The van der Waals surface area contributed by atoms with Crippen molar-refractivity contribution in [2.24, 2.45) is 5.92 Å². The highest BCUT2D eigenvalue weighted by Crippen LogP contribution is 2.50. The van der Waals surface area contributed by atoms with Gasteiger partial charge >= 0.3 is 0 Å². The lowest BCUT2D eigenvalue weighted by Crippen LogP contribution is -2.39. The minimum atomic E-state index is 0.324. The lowest BCUT2D eigenvalue weighted by Gasteiger charge is -2.43. The molecule has 2 atom stereocenters. The van der Waals surface area contributed by atoms with Gasteiger partial charge in [0.05, 0.1) is 4.32 Å². The van der Waals surface area contributed by atoms with Gasteiger partial charge in [0.1, 0.15) is 0 Å². The van der Waals surface area contributed by atoms with Crippen molar-refractivity contribution in [1.82, 2.24) is 0 Å². The van der Waals surface area contributed by atoms with Crippen LogP contribution in [0.2, 0.25) is 0 Å². The average molecular weight is 264 g/mol. The number of hydrogen-bond donors (Lipinski definition) is 0. The summed E-state index contributed by atoms with van der Waals surface area (Å²) < 4.78 is 1.55. The number of halogens is 2. The monoisotopic (exact) mass is 262 g/mol. The fraction of sp³-hybridized carbons (Fsp3) is 0.500. The van der Waals surface area contributed by atoms with Gasteiger partial charge < -0.3 is 0 Å². The summed E-state index contributed by atoms with van der Waals surface area (Å²) in [5.74, 6) is 0.729. The third kappa shape index (κ3) is 0.928. The molecule has 2 aliphatic rings. The Hall–Kier alpha value is 0.440. The van der Waals surface area contributed by atoms with E-state index < -0.39 is 0 Å². The van der Waals surface area contributed by atoms with Gasteiger partial charge in [-0.05, 0) is 18.8 Å². The van der Waals surface area contributed by atoms with Crippen molar-refractivity contribution in [3.63, 3.8) is 0 Å². The van der Waals surface area contributed by atoms with Crippen LogP contribution in [0.4, 0.5) is 0 Å². The second kappa shape index (κ2) is 2.21. The highest BCUT2D eigenvalue weighted by Gasteiger charge is 2.42. The lowest BCUT2D eigenvalue weighted by molar-refractivity contribution is 0.331. The Balaban J connectivity index is 2.27. The van der Waals surface area contributed by atoms with E-state index in [1.807, 2.05) is 0 Å². The quantitative estimate of drug-likeness (QED) is 0.588. The second-order valence-electron chi connectivity index (χ2n) is 2.96. The van der Waals surface area contributed by atoms with Crippen LogP contribution in [0.25, 0.3) is 0 Å². The Morgan fingerprint density at radius 2 is 2.40 bits per heavy atom. The number of rotatable bonds is 0. The van der Waals surface area contributed by atoms with Gasteiger partial charge in [-0.25, -0.2) is 0 Å². The van der Waals surface area contributed by atoms with Crippen molar-refractivity contribution in [3.8, 4) is 0 Å². The Kier molecular flexibility index (Phi) is 1.57. The van der Waals surface area contributed by atoms with E-state index >= 15 is 0 Å². The van der Waals surface area contributed by atoms with E-state index in [0.29, 0.717) is 4.32 Å². The second-order valence-corrected chi connectivity index (χ2v) is 5.35. The zero-order valence-electron chi connectivity index (χ0n) is 5.48. The van der Waals surface area contributed by atoms with Gasteiger partial charge in [-0.2, -0.15) is 0 Å². The standard InChI is InChI=1S/C8H8Br2/c9-7-2-4-8(10)3-1-6(8)5-7/h2,4-6H,1,3H2. The summed E-state index contributed by atoms with van der Waals surface area (Å²) in [5.41, 5.74) is 0. The summed E-state index contributed by atoms with van der Waals surface area (Å²) in [4.78, 5) is 0. The molecule has 0 spiro atoms.